The summed E-state index contributed by atoms with van der Waals surface area (Å²) in [7, 11) is 0. The first-order valence-corrected chi connectivity index (χ1v) is 6.21. The minimum absolute atomic E-state index is 0.672. The summed E-state index contributed by atoms with van der Waals surface area (Å²) in [6, 6.07) is 0.672. The van der Waals surface area contributed by atoms with Crippen molar-refractivity contribution in [3.63, 3.8) is 0 Å². The van der Waals surface area contributed by atoms with Gasteiger partial charge in [-0.3, -0.25) is 4.90 Å². The fourth-order valence-electron chi connectivity index (χ4n) is 1.83. The average Bonchev–Trinajstić information content (AvgIpc) is 2.15. The summed E-state index contributed by atoms with van der Waals surface area (Å²) in [5, 5.41) is 0. The normalized spacial score (nSPS) is 26.0. The van der Waals surface area contributed by atoms with E-state index in [1.165, 1.54) is 38.1 Å². The van der Waals surface area contributed by atoms with Gasteiger partial charge in [0, 0.05) is 24.9 Å². The van der Waals surface area contributed by atoms with E-state index in [2.05, 4.69) is 11.2 Å². The molecule has 1 saturated heterocycles. The Morgan fingerprint density at radius 2 is 2.33 bits per heavy atom. The van der Waals surface area contributed by atoms with Crippen LogP contribution in [0.2, 0.25) is 0 Å². The molecule has 1 fully saturated rings. The molecule has 0 amide bonds. The van der Waals surface area contributed by atoms with Crippen LogP contribution in [-0.2, 0) is 0 Å². The average molecular weight is 188 g/mol. The van der Waals surface area contributed by atoms with Crippen LogP contribution in [0.5, 0.6) is 0 Å². The molecule has 72 valence electrons. The summed E-state index contributed by atoms with van der Waals surface area (Å²) in [6.07, 6.45) is 6.22. The molecule has 0 spiro atoms. The van der Waals surface area contributed by atoms with Crippen LogP contribution in [0.3, 0.4) is 0 Å². The second-order valence-corrected chi connectivity index (χ2v) is 4.40. The zero-order valence-corrected chi connectivity index (χ0v) is 8.78. The Bertz CT molecular complexity index is 119. The fourth-order valence-corrected chi connectivity index (χ4v) is 2.25. The number of rotatable bonds is 4. The molecule has 0 aliphatic carbocycles. The van der Waals surface area contributed by atoms with Gasteiger partial charge in [-0.25, -0.2) is 0 Å². The van der Waals surface area contributed by atoms with Crippen molar-refractivity contribution < 1.29 is 0 Å². The first kappa shape index (κ1) is 10.4. The van der Waals surface area contributed by atoms with Gasteiger partial charge in [0.1, 0.15) is 0 Å². The monoisotopic (exact) mass is 188 g/mol. The summed E-state index contributed by atoms with van der Waals surface area (Å²) in [5.74, 6) is 1.25. The zero-order chi connectivity index (χ0) is 8.81. The van der Waals surface area contributed by atoms with Gasteiger partial charge in [-0.1, -0.05) is 6.42 Å². The quantitative estimate of drug-likeness (QED) is 0.718. The lowest BCUT2D eigenvalue weighted by molar-refractivity contribution is 0.163. The van der Waals surface area contributed by atoms with Gasteiger partial charge in [0.2, 0.25) is 0 Å². The van der Waals surface area contributed by atoms with Crippen LogP contribution in [0.1, 0.15) is 19.3 Å². The van der Waals surface area contributed by atoms with Crippen molar-refractivity contribution in [1.29, 1.82) is 0 Å². The number of hydrogen-bond acceptors (Lipinski definition) is 3. The van der Waals surface area contributed by atoms with Gasteiger partial charge >= 0.3 is 0 Å². The van der Waals surface area contributed by atoms with Crippen molar-refractivity contribution >= 4 is 11.8 Å². The Morgan fingerprint density at radius 3 is 3.00 bits per heavy atom. The van der Waals surface area contributed by atoms with Gasteiger partial charge in [-0.05, 0) is 25.6 Å². The van der Waals surface area contributed by atoms with Crippen LogP contribution in [-0.4, -0.2) is 42.6 Å². The maximum absolute atomic E-state index is 5.72. The van der Waals surface area contributed by atoms with Gasteiger partial charge in [0.25, 0.3) is 0 Å². The number of hydrogen-bond donors (Lipinski definition) is 1. The number of thioether (sulfide) groups is 1. The van der Waals surface area contributed by atoms with Crippen molar-refractivity contribution in [1.82, 2.24) is 4.90 Å². The Morgan fingerprint density at radius 1 is 1.50 bits per heavy atom. The number of nitrogens with two attached hydrogens (primary N) is 1. The van der Waals surface area contributed by atoms with E-state index in [4.69, 9.17) is 5.73 Å². The second-order valence-electron chi connectivity index (χ2n) is 3.41. The van der Waals surface area contributed by atoms with Crippen LogP contribution in [0.15, 0.2) is 0 Å². The topological polar surface area (TPSA) is 29.3 Å². The highest BCUT2D eigenvalue weighted by Gasteiger charge is 2.19. The Kier molecular flexibility index (Phi) is 5.04. The summed E-state index contributed by atoms with van der Waals surface area (Å²) in [6.45, 7) is 3.33. The van der Waals surface area contributed by atoms with Crippen LogP contribution >= 0.6 is 11.8 Å². The van der Waals surface area contributed by atoms with E-state index in [9.17, 15) is 0 Å². The highest BCUT2D eigenvalue weighted by molar-refractivity contribution is 7.98. The third-order valence-electron chi connectivity index (χ3n) is 2.60. The van der Waals surface area contributed by atoms with Crippen LogP contribution in [0, 0.1) is 0 Å². The van der Waals surface area contributed by atoms with Crippen LogP contribution in [0.25, 0.3) is 0 Å². The lowest BCUT2D eigenvalue weighted by atomic mass is 10.0. The minimum Gasteiger partial charge on any atom is -0.329 e. The highest BCUT2D eigenvalue weighted by atomic mass is 32.2. The lowest BCUT2D eigenvalue weighted by Gasteiger charge is -2.34. The molecule has 1 aliphatic rings. The number of piperidine rings is 1. The largest absolute Gasteiger partial charge is 0.329 e. The summed E-state index contributed by atoms with van der Waals surface area (Å²) in [4.78, 5) is 2.56. The Balaban J connectivity index is 2.26. The third-order valence-corrected chi connectivity index (χ3v) is 3.19. The van der Waals surface area contributed by atoms with Crippen molar-refractivity contribution in [2.45, 2.75) is 25.3 Å². The molecule has 2 N–H and O–H groups in total. The van der Waals surface area contributed by atoms with Crippen LogP contribution in [0.4, 0.5) is 0 Å². The summed E-state index contributed by atoms with van der Waals surface area (Å²) < 4.78 is 0. The Hall–Kier alpha value is 0.270. The van der Waals surface area contributed by atoms with E-state index in [0.29, 0.717) is 6.04 Å². The lowest BCUT2D eigenvalue weighted by Crippen LogP contribution is -2.44. The molecule has 0 radical (unpaired) electrons. The first-order chi connectivity index (χ1) is 5.88. The first-order valence-electron chi connectivity index (χ1n) is 4.81. The smallest absolute Gasteiger partial charge is 0.0218 e. The predicted octanol–water partition coefficient (Wildman–Crippen LogP) is 1.16. The predicted molar refractivity (Wildman–Crippen MR) is 56.6 cm³/mol. The molecule has 0 saturated carbocycles. The summed E-state index contributed by atoms with van der Waals surface area (Å²) in [5.41, 5.74) is 5.72. The second kappa shape index (κ2) is 5.84. The molecule has 1 unspecified atom stereocenters. The fraction of sp³-hybridized carbons (Fsp3) is 1.00. The Labute approximate surface area is 79.9 Å². The molecule has 0 bridgehead atoms. The zero-order valence-electron chi connectivity index (χ0n) is 7.96. The molecule has 1 aliphatic heterocycles. The molecule has 1 heterocycles. The van der Waals surface area contributed by atoms with Crippen molar-refractivity contribution in [2.75, 3.05) is 31.6 Å². The summed E-state index contributed by atoms with van der Waals surface area (Å²) >= 11 is 1.93. The standard InChI is InChI=1S/C9H20N2S/c1-12-7-6-11-5-3-2-4-9(11)8-10/h9H,2-8,10H2,1H3. The molecular weight excluding hydrogens is 168 g/mol. The van der Waals surface area contributed by atoms with E-state index in [1.807, 2.05) is 11.8 Å². The highest BCUT2D eigenvalue weighted by Crippen LogP contribution is 2.15. The van der Waals surface area contributed by atoms with Crippen molar-refractivity contribution in [3.05, 3.63) is 0 Å². The maximum Gasteiger partial charge on any atom is 0.0218 e. The number of nitrogens with zero attached hydrogens (tertiary/aromatic N) is 1. The van der Waals surface area contributed by atoms with E-state index in [0.717, 1.165) is 6.54 Å². The molecule has 1 rings (SSSR count). The molecule has 0 aromatic carbocycles. The number of likely N-dealkylation sites (tertiary alicyclic amines) is 1. The van der Waals surface area contributed by atoms with Gasteiger partial charge in [0.15, 0.2) is 0 Å². The van der Waals surface area contributed by atoms with E-state index < -0.39 is 0 Å². The third kappa shape index (κ3) is 2.96. The molecule has 12 heavy (non-hydrogen) atoms. The molecule has 0 aromatic heterocycles. The van der Waals surface area contributed by atoms with E-state index in [1.54, 1.807) is 0 Å². The maximum atomic E-state index is 5.72. The molecule has 2 nitrogen and oxygen atoms in total. The van der Waals surface area contributed by atoms with Crippen molar-refractivity contribution in [3.8, 4) is 0 Å². The van der Waals surface area contributed by atoms with Crippen molar-refractivity contribution in [2.24, 2.45) is 5.73 Å². The van der Waals surface area contributed by atoms with E-state index in [-0.39, 0.29) is 0 Å². The SMILES string of the molecule is CSCCN1CCCCC1CN. The van der Waals surface area contributed by atoms with Crippen LogP contribution < -0.4 is 5.73 Å². The van der Waals surface area contributed by atoms with Gasteiger partial charge in [-0.2, -0.15) is 11.8 Å². The van der Waals surface area contributed by atoms with Gasteiger partial charge < -0.3 is 5.73 Å². The molecular formula is C9H20N2S. The minimum atomic E-state index is 0.672. The molecule has 0 aromatic rings. The van der Waals surface area contributed by atoms with E-state index >= 15 is 0 Å². The van der Waals surface area contributed by atoms with Gasteiger partial charge in [-0.15, -0.1) is 0 Å². The molecule has 1 atom stereocenters. The van der Waals surface area contributed by atoms with Gasteiger partial charge in [0.05, 0.1) is 0 Å². The molecule has 3 heteroatoms.